The lowest BCUT2D eigenvalue weighted by molar-refractivity contribution is -0.140. The lowest BCUT2D eigenvalue weighted by Gasteiger charge is -2.31. The number of hydrogen-bond donors (Lipinski definition) is 0. The lowest BCUT2D eigenvalue weighted by Crippen LogP contribution is -2.39. The highest BCUT2D eigenvalue weighted by atomic mass is 32.2. The van der Waals surface area contributed by atoms with Gasteiger partial charge in [0.2, 0.25) is 10.0 Å². The maximum absolute atomic E-state index is 12.7. The predicted molar refractivity (Wildman–Crippen MR) is 98.2 cm³/mol. The molecule has 1 heterocycles. The number of carbonyl (C=O) groups excluding carboxylic acids is 2. The second-order valence-electron chi connectivity index (χ2n) is 5.84. The molecule has 0 saturated heterocycles. The predicted octanol–water partition coefficient (Wildman–Crippen LogP) is 0.340. The van der Waals surface area contributed by atoms with E-state index < -0.39 is 22.0 Å². The molecule has 0 N–H and O–H groups in total. The molecule has 11 heteroatoms. The summed E-state index contributed by atoms with van der Waals surface area (Å²) in [5, 5.41) is 0. The summed E-state index contributed by atoms with van der Waals surface area (Å²) in [6, 6.07) is 4.33. The van der Waals surface area contributed by atoms with Gasteiger partial charge in [-0.05, 0) is 18.2 Å². The van der Waals surface area contributed by atoms with E-state index in [1.165, 1.54) is 52.5 Å². The summed E-state index contributed by atoms with van der Waals surface area (Å²) < 4.78 is 46.4. The third-order valence-corrected chi connectivity index (χ3v) is 5.89. The molecule has 0 saturated carbocycles. The van der Waals surface area contributed by atoms with Crippen LogP contribution in [0, 0.1) is 0 Å². The zero-order valence-corrected chi connectivity index (χ0v) is 17.0. The van der Waals surface area contributed by atoms with Crippen molar-refractivity contribution in [2.45, 2.75) is 4.90 Å². The standard InChI is InChI=1S/C17H22N2O8S/c1-18(2)28(22,23)14-8-11(6-7-13(14)24-3)19-10-27-9-12(16(20)25-4)15(19)17(21)26-5/h6-8H,9-10H2,1-5H3. The summed E-state index contributed by atoms with van der Waals surface area (Å²) in [5.74, 6) is -1.40. The summed E-state index contributed by atoms with van der Waals surface area (Å²) in [6.07, 6.45) is 0. The van der Waals surface area contributed by atoms with Crippen molar-refractivity contribution >= 4 is 27.6 Å². The van der Waals surface area contributed by atoms with Crippen LogP contribution in [0.5, 0.6) is 5.75 Å². The smallest absolute Gasteiger partial charge is 0.355 e. The Bertz CT molecular complexity index is 908. The van der Waals surface area contributed by atoms with Crippen molar-refractivity contribution in [2.24, 2.45) is 0 Å². The molecule has 2 rings (SSSR count). The van der Waals surface area contributed by atoms with Crippen LogP contribution in [0.4, 0.5) is 5.69 Å². The first-order chi connectivity index (χ1) is 13.2. The van der Waals surface area contributed by atoms with Crippen molar-refractivity contribution in [1.29, 1.82) is 0 Å². The molecule has 0 radical (unpaired) electrons. The van der Waals surface area contributed by atoms with Crippen molar-refractivity contribution < 1.29 is 37.0 Å². The second-order valence-corrected chi connectivity index (χ2v) is 7.96. The Morgan fingerprint density at radius 1 is 1.11 bits per heavy atom. The number of nitrogens with zero attached hydrogens (tertiary/aromatic N) is 2. The molecule has 154 valence electrons. The van der Waals surface area contributed by atoms with Crippen molar-refractivity contribution in [3.63, 3.8) is 0 Å². The van der Waals surface area contributed by atoms with Gasteiger partial charge in [0.15, 0.2) is 0 Å². The third-order valence-electron chi connectivity index (χ3n) is 4.05. The highest BCUT2D eigenvalue weighted by Gasteiger charge is 2.33. The highest BCUT2D eigenvalue weighted by Crippen LogP contribution is 2.33. The Morgan fingerprint density at radius 3 is 2.29 bits per heavy atom. The minimum Gasteiger partial charge on any atom is -0.495 e. The summed E-state index contributed by atoms with van der Waals surface area (Å²) in [4.78, 5) is 25.7. The highest BCUT2D eigenvalue weighted by molar-refractivity contribution is 7.89. The molecule has 1 aliphatic heterocycles. The fourth-order valence-electron chi connectivity index (χ4n) is 2.58. The maximum Gasteiger partial charge on any atom is 0.355 e. The Kier molecular flexibility index (Phi) is 6.65. The molecule has 1 aliphatic rings. The SMILES string of the molecule is COC(=O)C1=C(C(=O)OC)N(c2ccc(OC)c(S(=O)(=O)N(C)C)c2)COC1. The first-order valence-corrected chi connectivity index (χ1v) is 9.48. The summed E-state index contributed by atoms with van der Waals surface area (Å²) in [7, 11) is 2.64. The zero-order valence-electron chi connectivity index (χ0n) is 16.2. The fourth-order valence-corrected chi connectivity index (χ4v) is 3.65. The Labute approximate surface area is 163 Å². The van der Waals surface area contributed by atoms with Gasteiger partial charge in [-0.3, -0.25) is 0 Å². The summed E-state index contributed by atoms with van der Waals surface area (Å²) in [5.41, 5.74) is 0.176. The van der Waals surface area contributed by atoms with Crippen LogP contribution in [-0.4, -0.2) is 73.4 Å². The number of sulfonamides is 1. The van der Waals surface area contributed by atoms with E-state index in [9.17, 15) is 18.0 Å². The molecule has 0 atom stereocenters. The van der Waals surface area contributed by atoms with E-state index in [0.29, 0.717) is 5.69 Å². The molecule has 28 heavy (non-hydrogen) atoms. The van der Waals surface area contributed by atoms with E-state index in [-0.39, 0.29) is 35.3 Å². The fraction of sp³-hybridized carbons (Fsp3) is 0.412. The number of benzene rings is 1. The quantitative estimate of drug-likeness (QED) is 0.608. The second kappa shape index (κ2) is 8.59. The Morgan fingerprint density at radius 2 is 1.75 bits per heavy atom. The molecule has 0 spiro atoms. The first-order valence-electron chi connectivity index (χ1n) is 8.04. The van der Waals surface area contributed by atoms with Crippen LogP contribution >= 0.6 is 0 Å². The van der Waals surface area contributed by atoms with Gasteiger partial charge in [-0.25, -0.2) is 22.3 Å². The molecule has 0 aliphatic carbocycles. The number of ether oxygens (including phenoxy) is 4. The van der Waals surface area contributed by atoms with Crippen LogP contribution in [0.25, 0.3) is 0 Å². The minimum atomic E-state index is -3.84. The van der Waals surface area contributed by atoms with Gasteiger partial charge in [0, 0.05) is 19.8 Å². The molecule has 1 aromatic rings. The number of carbonyl (C=O) groups is 2. The van der Waals surface area contributed by atoms with E-state index in [2.05, 4.69) is 0 Å². The largest absolute Gasteiger partial charge is 0.495 e. The number of anilines is 1. The van der Waals surface area contributed by atoms with E-state index in [1.54, 1.807) is 6.07 Å². The zero-order chi connectivity index (χ0) is 21.1. The molecule has 0 bridgehead atoms. The summed E-state index contributed by atoms with van der Waals surface area (Å²) >= 11 is 0. The minimum absolute atomic E-state index is 0.0339. The van der Waals surface area contributed by atoms with Crippen LogP contribution in [0.3, 0.4) is 0 Å². The van der Waals surface area contributed by atoms with E-state index >= 15 is 0 Å². The van der Waals surface area contributed by atoms with Crippen LogP contribution in [0.1, 0.15) is 0 Å². The molecule has 10 nitrogen and oxygen atoms in total. The summed E-state index contributed by atoms with van der Waals surface area (Å²) in [6.45, 7) is -0.245. The molecule has 0 unspecified atom stereocenters. The van der Waals surface area contributed by atoms with Gasteiger partial charge < -0.3 is 23.8 Å². The normalized spacial score (nSPS) is 14.9. The van der Waals surface area contributed by atoms with Crippen molar-refractivity contribution in [1.82, 2.24) is 4.31 Å². The van der Waals surface area contributed by atoms with Gasteiger partial charge in [-0.2, -0.15) is 0 Å². The first kappa shape index (κ1) is 21.7. The monoisotopic (exact) mass is 414 g/mol. The van der Waals surface area contributed by atoms with Gasteiger partial charge in [-0.1, -0.05) is 0 Å². The van der Waals surface area contributed by atoms with Gasteiger partial charge >= 0.3 is 11.9 Å². The average molecular weight is 414 g/mol. The molecular weight excluding hydrogens is 392 g/mol. The molecule has 1 aromatic carbocycles. The Hall–Kier alpha value is -2.63. The molecule has 0 fully saturated rings. The number of hydrogen-bond acceptors (Lipinski definition) is 9. The van der Waals surface area contributed by atoms with Crippen LogP contribution < -0.4 is 9.64 Å². The van der Waals surface area contributed by atoms with Gasteiger partial charge in [0.25, 0.3) is 0 Å². The van der Waals surface area contributed by atoms with E-state index in [1.807, 2.05) is 0 Å². The maximum atomic E-state index is 12.7. The molecule has 0 amide bonds. The molecular formula is C17H22N2O8S. The van der Waals surface area contributed by atoms with Crippen molar-refractivity contribution in [3.8, 4) is 5.75 Å². The van der Waals surface area contributed by atoms with Gasteiger partial charge in [-0.15, -0.1) is 0 Å². The van der Waals surface area contributed by atoms with E-state index in [4.69, 9.17) is 18.9 Å². The van der Waals surface area contributed by atoms with Crippen LogP contribution in [0.15, 0.2) is 34.4 Å². The third kappa shape index (κ3) is 3.96. The topological polar surface area (TPSA) is 112 Å². The van der Waals surface area contributed by atoms with E-state index in [0.717, 1.165) is 4.31 Å². The number of esters is 2. The van der Waals surface area contributed by atoms with Gasteiger partial charge in [0.05, 0.1) is 33.5 Å². The van der Waals surface area contributed by atoms with Crippen molar-refractivity contribution in [2.75, 3.05) is 53.7 Å². The van der Waals surface area contributed by atoms with Crippen LogP contribution in [-0.2, 0) is 33.8 Å². The lowest BCUT2D eigenvalue weighted by atomic mass is 10.1. The number of rotatable bonds is 6. The van der Waals surface area contributed by atoms with Crippen molar-refractivity contribution in [3.05, 3.63) is 29.5 Å². The average Bonchev–Trinajstić information content (AvgIpc) is 2.71. The number of methoxy groups -OCH3 is 3. The Balaban J connectivity index is 2.68. The molecule has 0 aromatic heterocycles. The van der Waals surface area contributed by atoms with Crippen LogP contribution in [0.2, 0.25) is 0 Å². The van der Waals surface area contributed by atoms with Gasteiger partial charge in [0.1, 0.15) is 23.1 Å².